The van der Waals surface area contributed by atoms with E-state index in [0.717, 1.165) is 19.3 Å². The molecule has 1 aliphatic carbocycles. The van der Waals surface area contributed by atoms with E-state index < -0.39 is 70.3 Å². The number of rotatable bonds is 11. The number of alkyl halides is 4. The first-order chi connectivity index (χ1) is 21.2. The van der Waals surface area contributed by atoms with Crippen molar-refractivity contribution in [3.05, 3.63) is 77.6 Å². The van der Waals surface area contributed by atoms with E-state index in [2.05, 4.69) is 21.1 Å². The van der Waals surface area contributed by atoms with Gasteiger partial charge in [0.05, 0.1) is 18.6 Å². The molecule has 4 nitrogen and oxygen atoms in total. The molecule has 1 aliphatic heterocycles. The lowest BCUT2D eigenvalue weighted by molar-refractivity contribution is -0.223. The molecule has 0 aromatic heterocycles. The third kappa shape index (κ3) is 8.86. The average molecular weight is 657 g/mol. The standard InChI is InChI=1S/C31H30F10O4/c1-2-17-5-9-20(42-15-17)10-6-18-3-7-19(8-4-18)30(38,39)44-21-11-23(32)28(24(33)12-21)31(40,41)45-22-13-25(34)29(26(35)14-22)43-16-27(36)37/h6,10-14,16-20H,2-5,7-9,15H2,1H3. The van der Waals surface area contributed by atoms with Gasteiger partial charge in [0, 0.05) is 24.3 Å². The maximum atomic E-state index is 15.0. The molecular formula is C31H30F10O4. The SMILES string of the molecule is CCC1CCC(C=CC2CCC(C(F)(F)Oc3cc(F)c(C(F)(F)Oc4cc(F)c(OC=C(F)F)c(F)c4)c(F)c3)CC2)OC1. The Morgan fingerprint density at radius 3 is 1.91 bits per heavy atom. The van der Waals surface area contributed by atoms with Crippen LogP contribution in [0.25, 0.3) is 0 Å². The van der Waals surface area contributed by atoms with Gasteiger partial charge in [0.25, 0.3) is 0 Å². The van der Waals surface area contributed by atoms with Crippen molar-refractivity contribution in [3.8, 4) is 17.2 Å². The highest BCUT2D eigenvalue weighted by molar-refractivity contribution is 5.37. The summed E-state index contributed by atoms with van der Waals surface area (Å²) in [6.07, 6.45) is -3.75. The van der Waals surface area contributed by atoms with Crippen LogP contribution in [0.5, 0.6) is 17.2 Å². The summed E-state index contributed by atoms with van der Waals surface area (Å²) in [7, 11) is 0. The summed E-state index contributed by atoms with van der Waals surface area (Å²) >= 11 is 0. The molecule has 2 aromatic carbocycles. The minimum absolute atomic E-state index is 0.0126. The molecule has 14 heteroatoms. The summed E-state index contributed by atoms with van der Waals surface area (Å²) in [4.78, 5) is 0. The molecule has 2 fully saturated rings. The van der Waals surface area contributed by atoms with E-state index in [1.807, 2.05) is 12.2 Å². The molecule has 1 saturated carbocycles. The minimum Gasteiger partial charge on any atom is -0.453 e. The van der Waals surface area contributed by atoms with Crippen molar-refractivity contribution in [1.82, 2.24) is 0 Å². The summed E-state index contributed by atoms with van der Waals surface area (Å²) in [6, 6.07) is 0.419. The van der Waals surface area contributed by atoms with Crippen LogP contribution >= 0.6 is 0 Å². The van der Waals surface area contributed by atoms with Gasteiger partial charge in [0.15, 0.2) is 23.6 Å². The third-order valence-corrected chi connectivity index (χ3v) is 7.87. The van der Waals surface area contributed by atoms with Gasteiger partial charge in [-0.25, -0.2) is 17.6 Å². The zero-order valence-electron chi connectivity index (χ0n) is 23.9. The number of ether oxygens (including phenoxy) is 4. The Kier molecular flexibility index (Phi) is 11.0. The Bertz CT molecular complexity index is 1330. The zero-order chi connectivity index (χ0) is 32.9. The van der Waals surface area contributed by atoms with Crippen molar-refractivity contribution in [2.24, 2.45) is 17.8 Å². The van der Waals surface area contributed by atoms with Crippen LogP contribution in [0, 0.1) is 41.0 Å². The first-order valence-electron chi connectivity index (χ1n) is 14.3. The quantitative estimate of drug-likeness (QED) is 0.137. The molecule has 1 heterocycles. The van der Waals surface area contributed by atoms with E-state index in [1.165, 1.54) is 0 Å². The summed E-state index contributed by atoms with van der Waals surface area (Å²) in [5.74, 6) is -12.1. The molecule has 0 amide bonds. The molecule has 0 bridgehead atoms. The lowest BCUT2D eigenvalue weighted by Crippen LogP contribution is -2.37. The molecule has 248 valence electrons. The van der Waals surface area contributed by atoms with Crippen LogP contribution in [0.1, 0.15) is 57.4 Å². The Hall–Kier alpha value is -3.42. The van der Waals surface area contributed by atoms with Gasteiger partial charge in [-0.3, -0.25) is 0 Å². The molecule has 2 unspecified atom stereocenters. The summed E-state index contributed by atoms with van der Waals surface area (Å²) in [5.41, 5.74) is -2.05. The Labute approximate surface area is 252 Å². The molecule has 0 spiro atoms. The van der Waals surface area contributed by atoms with Crippen LogP contribution in [0.15, 0.2) is 48.8 Å². The zero-order valence-corrected chi connectivity index (χ0v) is 23.9. The first-order valence-corrected chi connectivity index (χ1v) is 14.3. The van der Waals surface area contributed by atoms with Gasteiger partial charge in [-0.1, -0.05) is 25.5 Å². The highest BCUT2D eigenvalue weighted by Crippen LogP contribution is 2.43. The molecule has 45 heavy (non-hydrogen) atoms. The molecule has 2 aliphatic rings. The molecule has 1 saturated heterocycles. The van der Waals surface area contributed by atoms with Crippen molar-refractivity contribution >= 4 is 0 Å². The largest absolute Gasteiger partial charge is 0.453 e. The maximum Gasteiger partial charge on any atom is 0.432 e. The smallest absolute Gasteiger partial charge is 0.432 e. The second-order valence-electron chi connectivity index (χ2n) is 11.0. The van der Waals surface area contributed by atoms with Gasteiger partial charge in [-0.15, -0.1) is 0 Å². The second-order valence-corrected chi connectivity index (χ2v) is 11.0. The van der Waals surface area contributed by atoms with Gasteiger partial charge >= 0.3 is 18.3 Å². The summed E-state index contributed by atoms with van der Waals surface area (Å²) in [5, 5.41) is 0. The lowest BCUT2D eigenvalue weighted by Gasteiger charge is -2.33. The monoisotopic (exact) mass is 656 g/mol. The van der Waals surface area contributed by atoms with Crippen molar-refractivity contribution in [3.63, 3.8) is 0 Å². The average Bonchev–Trinajstić information content (AvgIpc) is 2.95. The van der Waals surface area contributed by atoms with E-state index in [-0.39, 0.29) is 55.4 Å². The number of hydrogen-bond donors (Lipinski definition) is 0. The first kappa shape index (κ1) is 34.5. The predicted molar refractivity (Wildman–Crippen MR) is 141 cm³/mol. The van der Waals surface area contributed by atoms with E-state index in [0.29, 0.717) is 25.4 Å². The van der Waals surface area contributed by atoms with E-state index in [1.54, 1.807) is 0 Å². The molecule has 0 N–H and O–H groups in total. The van der Waals surface area contributed by atoms with E-state index in [4.69, 9.17) is 4.74 Å². The number of halogens is 10. The second kappa shape index (κ2) is 14.3. The molecule has 0 radical (unpaired) electrons. The van der Waals surface area contributed by atoms with Crippen molar-refractivity contribution < 1.29 is 62.9 Å². The molecule has 2 aromatic rings. The molecule has 4 rings (SSSR count). The normalized spacial score (nSPS) is 22.7. The fourth-order valence-electron chi connectivity index (χ4n) is 5.37. The van der Waals surface area contributed by atoms with Crippen LogP contribution < -0.4 is 14.2 Å². The summed E-state index contributed by atoms with van der Waals surface area (Å²) < 4.78 is 159. The van der Waals surface area contributed by atoms with Gasteiger partial charge in [-0.05, 0) is 50.4 Å². The van der Waals surface area contributed by atoms with Crippen LogP contribution in [0.4, 0.5) is 43.9 Å². The fourth-order valence-corrected chi connectivity index (χ4v) is 5.37. The lowest BCUT2D eigenvalue weighted by atomic mass is 9.81. The molecular weight excluding hydrogens is 626 g/mol. The van der Waals surface area contributed by atoms with Crippen molar-refractivity contribution in [2.45, 2.75) is 70.2 Å². The predicted octanol–water partition coefficient (Wildman–Crippen LogP) is 10.0. The maximum absolute atomic E-state index is 15.0. The highest BCUT2D eigenvalue weighted by Gasteiger charge is 2.45. The van der Waals surface area contributed by atoms with Gasteiger partial charge in [-0.2, -0.15) is 26.3 Å². The Morgan fingerprint density at radius 1 is 0.800 bits per heavy atom. The van der Waals surface area contributed by atoms with E-state index in [9.17, 15) is 43.9 Å². The summed E-state index contributed by atoms with van der Waals surface area (Å²) in [6.45, 7) is 2.79. The van der Waals surface area contributed by atoms with Crippen LogP contribution in [-0.2, 0) is 10.8 Å². The van der Waals surface area contributed by atoms with Crippen LogP contribution in [0.3, 0.4) is 0 Å². The van der Waals surface area contributed by atoms with Gasteiger partial charge in [0.1, 0.15) is 28.7 Å². The van der Waals surface area contributed by atoms with Gasteiger partial charge < -0.3 is 18.9 Å². The fraction of sp³-hybridized carbons (Fsp3) is 0.484. The van der Waals surface area contributed by atoms with Gasteiger partial charge in [0.2, 0.25) is 0 Å². The third-order valence-electron chi connectivity index (χ3n) is 7.87. The van der Waals surface area contributed by atoms with E-state index >= 15 is 0 Å². The topological polar surface area (TPSA) is 36.9 Å². The number of hydrogen-bond acceptors (Lipinski definition) is 4. The highest BCUT2D eigenvalue weighted by atomic mass is 19.3. The number of benzene rings is 2. The molecule has 2 atom stereocenters. The Balaban J connectivity index is 1.38. The van der Waals surface area contributed by atoms with Crippen LogP contribution in [-0.4, -0.2) is 18.8 Å². The van der Waals surface area contributed by atoms with Crippen LogP contribution in [0.2, 0.25) is 0 Å². The van der Waals surface area contributed by atoms with Crippen molar-refractivity contribution in [1.29, 1.82) is 0 Å². The Morgan fingerprint density at radius 2 is 1.38 bits per heavy atom. The minimum atomic E-state index is -4.91. The van der Waals surface area contributed by atoms with Crippen molar-refractivity contribution in [2.75, 3.05) is 6.61 Å². The number of allylic oxidation sites excluding steroid dienone is 1.